The lowest BCUT2D eigenvalue weighted by Gasteiger charge is -2.07. The Morgan fingerprint density at radius 1 is 1.15 bits per heavy atom. The molecule has 0 aliphatic heterocycles. The number of hydrogen-bond acceptors (Lipinski definition) is 4. The number of benzene rings is 2. The number of H-pyrrole nitrogens is 1. The molecule has 0 bridgehead atoms. The maximum absolute atomic E-state index is 12.7. The maximum Gasteiger partial charge on any atom is 0.260 e. The quantitative estimate of drug-likeness (QED) is 0.498. The number of methoxy groups -OCH3 is 1. The van der Waals surface area contributed by atoms with Crippen molar-refractivity contribution < 1.29 is 4.74 Å². The molecule has 2 aromatic carbocycles. The molecule has 4 nitrogen and oxygen atoms in total. The Labute approximate surface area is 162 Å². The van der Waals surface area contributed by atoms with E-state index < -0.39 is 0 Å². The molecule has 0 unspecified atom stereocenters. The number of ether oxygens (including phenoxy) is 1. The number of nitrogens with one attached hydrogen (secondary N) is 1. The standard InChI is InChI=1S/C20H15BrN2O2S/c1-25-16-5-3-2-4-13(16)10-17-22-19(24)18-15(11-26-20(18)23-17)12-6-8-14(21)9-7-12/h2-9,11H,10H2,1H3,(H,22,23,24). The van der Waals surface area contributed by atoms with Crippen molar-refractivity contribution in [1.82, 2.24) is 9.97 Å². The molecule has 6 heteroatoms. The minimum atomic E-state index is -0.112. The number of thiophene rings is 1. The number of hydrogen-bond donors (Lipinski definition) is 1. The van der Waals surface area contributed by atoms with Crippen LogP contribution >= 0.6 is 27.3 Å². The molecule has 1 N–H and O–H groups in total. The van der Waals surface area contributed by atoms with E-state index in [1.54, 1.807) is 7.11 Å². The largest absolute Gasteiger partial charge is 0.496 e. The van der Waals surface area contributed by atoms with Gasteiger partial charge in [0, 0.05) is 27.4 Å². The van der Waals surface area contributed by atoms with E-state index >= 15 is 0 Å². The van der Waals surface area contributed by atoms with Crippen molar-refractivity contribution in [2.24, 2.45) is 0 Å². The molecule has 0 fully saturated rings. The van der Waals surface area contributed by atoms with Gasteiger partial charge in [0.05, 0.1) is 12.5 Å². The van der Waals surface area contributed by atoms with E-state index in [0.29, 0.717) is 17.6 Å². The van der Waals surface area contributed by atoms with Gasteiger partial charge in [-0.25, -0.2) is 4.98 Å². The molecule has 4 aromatic rings. The van der Waals surface area contributed by atoms with E-state index in [1.807, 2.05) is 53.9 Å². The Morgan fingerprint density at radius 2 is 1.92 bits per heavy atom. The fraction of sp³-hybridized carbons (Fsp3) is 0.100. The van der Waals surface area contributed by atoms with Gasteiger partial charge in [0.1, 0.15) is 16.4 Å². The molecular weight excluding hydrogens is 412 g/mol. The number of aromatic nitrogens is 2. The first-order valence-electron chi connectivity index (χ1n) is 8.04. The van der Waals surface area contributed by atoms with Crippen LogP contribution in [0.25, 0.3) is 21.3 Å². The fourth-order valence-electron chi connectivity index (χ4n) is 2.95. The van der Waals surface area contributed by atoms with Gasteiger partial charge in [0.2, 0.25) is 0 Å². The summed E-state index contributed by atoms with van der Waals surface area (Å²) in [5, 5.41) is 2.63. The van der Waals surface area contributed by atoms with Crippen LogP contribution in [0.1, 0.15) is 11.4 Å². The summed E-state index contributed by atoms with van der Waals surface area (Å²) in [5.41, 5.74) is 2.79. The van der Waals surface area contributed by atoms with Crippen molar-refractivity contribution in [2.75, 3.05) is 7.11 Å². The van der Waals surface area contributed by atoms with Crippen LogP contribution in [0.15, 0.2) is 63.2 Å². The van der Waals surface area contributed by atoms with Crippen LogP contribution < -0.4 is 10.3 Å². The fourth-order valence-corrected chi connectivity index (χ4v) is 4.18. The van der Waals surface area contributed by atoms with Gasteiger partial charge in [-0.05, 0) is 23.8 Å². The van der Waals surface area contributed by atoms with Crippen LogP contribution in [0.4, 0.5) is 0 Å². The summed E-state index contributed by atoms with van der Waals surface area (Å²) in [6.07, 6.45) is 0.515. The predicted octanol–water partition coefficient (Wildman–Crippen LogP) is 5.01. The molecular formula is C20H15BrN2O2S. The van der Waals surface area contributed by atoms with Gasteiger partial charge in [-0.15, -0.1) is 11.3 Å². The molecule has 130 valence electrons. The first-order valence-corrected chi connectivity index (χ1v) is 9.71. The van der Waals surface area contributed by atoms with Crippen molar-refractivity contribution in [2.45, 2.75) is 6.42 Å². The Bertz CT molecular complexity index is 1130. The molecule has 0 saturated carbocycles. The molecule has 2 heterocycles. The lowest BCUT2D eigenvalue weighted by atomic mass is 10.1. The molecule has 0 spiro atoms. The van der Waals surface area contributed by atoms with E-state index in [2.05, 4.69) is 25.9 Å². The summed E-state index contributed by atoms with van der Waals surface area (Å²) in [7, 11) is 1.64. The molecule has 26 heavy (non-hydrogen) atoms. The van der Waals surface area contributed by atoms with Crippen molar-refractivity contribution in [3.63, 3.8) is 0 Å². The molecule has 0 radical (unpaired) electrons. The summed E-state index contributed by atoms with van der Waals surface area (Å²) in [6.45, 7) is 0. The smallest absolute Gasteiger partial charge is 0.260 e. The highest BCUT2D eigenvalue weighted by Crippen LogP contribution is 2.31. The van der Waals surface area contributed by atoms with Gasteiger partial charge in [-0.2, -0.15) is 0 Å². The monoisotopic (exact) mass is 426 g/mol. The van der Waals surface area contributed by atoms with Crippen LogP contribution in [0, 0.1) is 0 Å². The van der Waals surface area contributed by atoms with E-state index in [4.69, 9.17) is 4.74 Å². The minimum Gasteiger partial charge on any atom is -0.496 e. The minimum absolute atomic E-state index is 0.112. The summed E-state index contributed by atoms with van der Waals surface area (Å²) >= 11 is 4.93. The summed E-state index contributed by atoms with van der Waals surface area (Å²) in [4.78, 5) is 21.1. The van der Waals surface area contributed by atoms with E-state index in [1.165, 1.54) is 11.3 Å². The molecule has 0 saturated heterocycles. The maximum atomic E-state index is 12.7. The van der Waals surface area contributed by atoms with Crippen LogP contribution in [-0.4, -0.2) is 17.1 Å². The van der Waals surface area contributed by atoms with Gasteiger partial charge >= 0.3 is 0 Å². The Hall–Kier alpha value is -2.44. The predicted molar refractivity (Wildman–Crippen MR) is 109 cm³/mol. The van der Waals surface area contributed by atoms with E-state index in [-0.39, 0.29) is 5.56 Å². The first-order chi connectivity index (χ1) is 12.7. The molecule has 2 aromatic heterocycles. The summed E-state index contributed by atoms with van der Waals surface area (Å²) < 4.78 is 6.39. The van der Waals surface area contributed by atoms with Gasteiger partial charge in [0.15, 0.2) is 0 Å². The molecule has 0 aliphatic rings. The van der Waals surface area contributed by atoms with E-state index in [9.17, 15) is 4.79 Å². The number of rotatable bonds is 4. The zero-order valence-corrected chi connectivity index (χ0v) is 16.4. The molecule has 0 amide bonds. The van der Waals surface area contributed by atoms with Crippen molar-refractivity contribution in [3.8, 4) is 16.9 Å². The normalized spacial score (nSPS) is 11.0. The van der Waals surface area contributed by atoms with Crippen LogP contribution in [0.2, 0.25) is 0 Å². The summed E-state index contributed by atoms with van der Waals surface area (Å²) in [5.74, 6) is 1.42. The third-order valence-corrected chi connectivity index (χ3v) is 5.60. The lowest BCUT2D eigenvalue weighted by Crippen LogP contribution is -2.12. The SMILES string of the molecule is COc1ccccc1Cc1nc2scc(-c3ccc(Br)cc3)c2c(=O)[nH]1. The van der Waals surface area contributed by atoms with Crippen LogP contribution in [0.5, 0.6) is 5.75 Å². The van der Waals surface area contributed by atoms with Crippen LogP contribution in [0.3, 0.4) is 0 Å². The first kappa shape index (κ1) is 17.0. The average molecular weight is 427 g/mol. The Morgan fingerprint density at radius 3 is 2.69 bits per heavy atom. The van der Waals surface area contributed by atoms with Gasteiger partial charge in [-0.1, -0.05) is 46.3 Å². The van der Waals surface area contributed by atoms with Gasteiger partial charge in [0.25, 0.3) is 5.56 Å². The highest BCUT2D eigenvalue weighted by Gasteiger charge is 2.14. The zero-order valence-electron chi connectivity index (χ0n) is 14.0. The lowest BCUT2D eigenvalue weighted by molar-refractivity contribution is 0.410. The Kier molecular flexibility index (Phi) is 4.61. The third kappa shape index (κ3) is 3.18. The second kappa shape index (κ2) is 7.05. The van der Waals surface area contributed by atoms with Crippen molar-refractivity contribution >= 4 is 37.5 Å². The second-order valence-electron chi connectivity index (χ2n) is 5.84. The molecule has 0 aliphatic carbocycles. The number of halogens is 1. The number of nitrogens with zero attached hydrogens (tertiary/aromatic N) is 1. The topological polar surface area (TPSA) is 55.0 Å². The van der Waals surface area contributed by atoms with Gasteiger partial charge < -0.3 is 9.72 Å². The molecule has 4 rings (SSSR count). The van der Waals surface area contributed by atoms with E-state index in [0.717, 1.165) is 31.7 Å². The Balaban J connectivity index is 1.77. The second-order valence-corrected chi connectivity index (χ2v) is 7.61. The number of aromatic amines is 1. The summed E-state index contributed by atoms with van der Waals surface area (Å²) in [6, 6.07) is 15.7. The van der Waals surface area contributed by atoms with Crippen molar-refractivity contribution in [3.05, 3.63) is 80.1 Å². The van der Waals surface area contributed by atoms with Crippen LogP contribution in [-0.2, 0) is 6.42 Å². The highest BCUT2D eigenvalue weighted by atomic mass is 79.9. The number of fused-ring (bicyclic) bond motifs is 1. The zero-order chi connectivity index (χ0) is 18.1. The highest BCUT2D eigenvalue weighted by molar-refractivity contribution is 9.10. The third-order valence-electron chi connectivity index (χ3n) is 4.20. The average Bonchev–Trinajstić information content (AvgIpc) is 3.07. The van der Waals surface area contributed by atoms with Gasteiger partial charge in [-0.3, -0.25) is 4.79 Å². The number of para-hydroxylation sites is 1. The van der Waals surface area contributed by atoms with Crippen molar-refractivity contribution in [1.29, 1.82) is 0 Å². The molecule has 0 atom stereocenters.